The molecule has 0 fully saturated rings. The minimum Gasteiger partial charge on any atom is -0.268 e. The van der Waals surface area contributed by atoms with Crippen LogP contribution in [0.1, 0.15) is 0 Å². The van der Waals surface area contributed by atoms with Gasteiger partial charge in [0.2, 0.25) is 0 Å². The van der Waals surface area contributed by atoms with Gasteiger partial charge in [-0.2, -0.15) is 0 Å². The largest absolute Gasteiger partial charge is 0.268 e. The first kappa shape index (κ1) is 11.8. The third-order valence-electron chi connectivity index (χ3n) is 1.49. The molecule has 1 aromatic rings. The van der Waals surface area contributed by atoms with Gasteiger partial charge < -0.3 is 0 Å². The van der Waals surface area contributed by atoms with Gasteiger partial charge >= 0.3 is 0 Å². The Kier molecular flexibility index (Phi) is 4.74. The maximum Gasteiger partial charge on any atom is 0.260 e. The van der Waals surface area contributed by atoms with Gasteiger partial charge in [-0.3, -0.25) is 8.75 Å². The lowest BCUT2D eigenvalue weighted by molar-refractivity contribution is 0.650. The first-order valence-corrected chi connectivity index (χ1v) is 5.94. The highest BCUT2D eigenvalue weighted by atomic mass is 35.5. The molecule has 0 unspecified atom stereocenters. The second-order valence-electron chi connectivity index (χ2n) is 2.65. The van der Waals surface area contributed by atoms with Gasteiger partial charge in [-0.1, -0.05) is 23.1 Å². The first-order valence-electron chi connectivity index (χ1n) is 3.95. The average Bonchev–Trinajstić information content (AvgIpc) is 2.65. The summed E-state index contributed by atoms with van der Waals surface area (Å²) >= 11 is 8.58. The van der Waals surface area contributed by atoms with E-state index < -0.39 is 0 Å². The van der Waals surface area contributed by atoms with E-state index in [0.29, 0.717) is 0 Å². The Hall–Kier alpha value is -0.230. The third kappa shape index (κ3) is 3.88. The van der Waals surface area contributed by atoms with Crippen molar-refractivity contribution >= 4 is 35.1 Å². The van der Waals surface area contributed by atoms with Gasteiger partial charge in [-0.05, 0) is 25.1 Å². The van der Waals surface area contributed by atoms with Gasteiger partial charge in [0.05, 0.1) is 4.36 Å². The van der Waals surface area contributed by atoms with Crippen LogP contribution in [0.3, 0.4) is 0 Å². The molecule has 1 aromatic heterocycles. The molecule has 0 saturated carbocycles. The van der Waals surface area contributed by atoms with Crippen molar-refractivity contribution in [3.63, 3.8) is 0 Å². The zero-order valence-corrected chi connectivity index (χ0v) is 10.3. The molecule has 6 heteroatoms. The molecule has 0 amide bonds. The molecule has 0 atom stereocenters. The van der Waals surface area contributed by atoms with E-state index in [1.165, 1.54) is 11.5 Å². The van der Waals surface area contributed by atoms with Crippen molar-refractivity contribution in [1.29, 1.82) is 0 Å². The quantitative estimate of drug-likeness (QED) is 0.660. The summed E-state index contributed by atoms with van der Waals surface area (Å²) in [4.78, 5) is 10.4. The molecule has 1 aliphatic rings. The molecule has 0 N–H and O–H groups in total. The zero-order valence-electron chi connectivity index (χ0n) is 7.94. The standard InChI is InChI=1S/C4H6ClNS.C4H5NOS/c1-6-3-2-4(5)7-6;1-5-4(6)2-3-7-5/h2H,3H2,1H3;2-3H,1H3. The van der Waals surface area contributed by atoms with Crippen LogP contribution >= 0.6 is 35.1 Å². The van der Waals surface area contributed by atoms with Crippen molar-refractivity contribution in [3.05, 3.63) is 32.2 Å². The van der Waals surface area contributed by atoms with Crippen molar-refractivity contribution in [3.8, 4) is 0 Å². The first-order chi connectivity index (χ1) is 6.59. The summed E-state index contributed by atoms with van der Waals surface area (Å²) in [5.74, 6) is 0. The van der Waals surface area contributed by atoms with Crippen LogP contribution in [0, 0.1) is 0 Å². The number of aryl methyl sites for hydroxylation is 1. The van der Waals surface area contributed by atoms with Crippen LogP contribution < -0.4 is 5.56 Å². The van der Waals surface area contributed by atoms with Crippen molar-refractivity contribution in [2.45, 2.75) is 0 Å². The van der Waals surface area contributed by atoms with Crippen molar-refractivity contribution < 1.29 is 0 Å². The summed E-state index contributed by atoms with van der Waals surface area (Å²) in [6.07, 6.45) is 1.99. The predicted octanol–water partition coefficient (Wildman–Crippen LogP) is 2.11. The highest BCUT2D eigenvalue weighted by molar-refractivity contribution is 8.02. The van der Waals surface area contributed by atoms with Crippen LogP contribution in [-0.4, -0.2) is 21.9 Å². The van der Waals surface area contributed by atoms with Gasteiger partial charge in [-0.25, -0.2) is 4.31 Å². The molecule has 2 heterocycles. The fourth-order valence-corrected chi connectivity index (χ4v) is 2.30. The molecular weight excluding hydrogens is 240 g/mol. The highest BCUT2D eigenvalue weighted by Gasteiger charge is 2.06. The SMILES string of the molecule is CN1CC=C(Cl)S1.Cn1sccc1=O. The Morgan fingerprint density at radius 1 is 1.50 bits per heavy atom. The molecule has 14 heavy (non-hydrogen) atoms. The van der Waals surface area contributed by atoms with Gasteiger partial charge in [0.1, 0.15) is 0 Å². The third-order valence-corrected chi connectivity index (χ3v) is 3.41. The fourth-order valence-electron chi connectivity index (χ4n) is 0.761. The fraction of sp³-hybridized carbons (Fsp3) is 0.375. The number of aromatic nitrogens is 1. The second kappa shape index (κ2) is 5.60. The monoisotopic (exact) mass is 250 g/mol. The second-order valence-corrected chi connectivity index (χ2v) is 5.56. The molecule has 78 valence electrons. The van der Waals surface area contributed by atoms with Crippen LogP contribution in [0.2, 0.25) is 0 Å². The lowest BCUT2D eigenvalue weighted by Crippen LogP contribution is -2.05. The number of halogens is 1. The van der Waals surface area contributed by atoms with E-state index in [1.54, 1.807) is 34.4 Å². The number of likely N-dealkylation sites (N-methyl/N-ethyl adjacent to an activating group) is 1. The Morgan fingerprint density at radius 2 is 2.21 bits per heavy atom. The smallest absolute Gasteiger partial charge is 0.260 e. The summed E-state index contributed by atoms with van der Waals surface area (Å²) in [5.41, 5.74) is 0.0741. The maximum absolute atomic E-state index is 10.4. The van der Waals surface area contributed by atoms with E-state index in [-0.39, 0.29) is 5.56 Å². The highest BCUT2D eigenvalue weighted by Crippen LogP contribution is 2.27. The lowest BCUT2D eigenvalue weighted by Gasteiger charge is -2.00. The topological polar surface area (TPSA) is 25.2 Å². The van der Waals surface area contributed by atoms with Crippen molar-refractivity contribution in [1.82, 2.24) is 8.26 Å². The number of rotatable bonds is 0. The van der Waals surface area contributed by atoms with Crippen LogP contribution in [0.25, 0.3) is 0 Å². The zero-order chi connectivity index (χ0) is 10.6. The normalized spacial score (nSPS) is 16.1. The van der Waals surface area contributed by atoms with Gasteiger partial charge in [0, 0.05) is 25.0 Å². The van der Waals surface area contributed by atoms with Crippen molar-refractivity contribution in [2.24, 2.45) is 7.05 Å². The molecule has 1 aliphatic heterocycles. The van der Waals surface area contributed by atoms with E-state index in [9.17, 15) is 4.79 Å². The molecule has 0 aliphatic carbocycles. The van der Waals surface area contributed by atoms with Crippen LogP contribution in [0.4, 0.5) is 0 Å². The van der Waals surface area contributed by atoms with E-state index >= 15 is 0 Å². The number of hydrogen-bond donors (Lipinski definition) is 0. The van der Waals surface area contributed by atoms with Crippen molar-refractivity contribution in [2.75, 3.05) is 13.6 Å². The number of hydrogen-bond acceptors (Lipinski definition) is 4. The molecule has 0 aromatic carbocycles. The van der Waals surface area contributed by atoms with Crippen LogP contribution in [0.5, 0.6) is 0 Å². The van der Waals surface area contributed by atoms with Gasteiger partial charge in [0.25, 0.3) is 5.56 Å². The van der Waals surface area contributed by atoms with Crippen LogP contribution in [0.15, 0.2) is 26.7 Å². The molecular formula is C8H11ClN2OS2. The Labute approximate surface area is 96.3 Å². The lowest BCUT2D eigenvalue weighted by atomic mass is 10.6. The molecule has 0 saturated heterocycles. The molecule has 3 nitrogen and oxygen atoms in total. The minimum absolute atomic E-state index is 0.0741. The maximum atomic E-state index is 10.4. The summed E-state index contributed by atoms with van der Waals surface area (Å²) in [6.45, 7) is 0.976. The summed E-state index contributed by atoms with van der Waals surface area (Å²) in [6, 6.07) is 1.55. The Morgan fingerprint density at radius 3 is 2.36 bits per heavy atom. The summed E-state index contributed by atoms with van der Waals surface area (Å²) in [5, 5.41) is 1.77. The summed E-state index contributed by atoms with van der Waals surface area (Å²) in [7, 11) is 3.75. The van der Waals surface area contributed by atoms with E-state index in [1.807, 2.05) is 13.1 Å². The van der Waals surface area contributed by atoms with Gasteiger partial charge in [-0.15, -0.1) is 0 Å². The molecule has 0 spiro atoms. The van der Waals surface area contributed by atoms with E-state index in [0.717, 1.165) is 10.9 Å². The Balaban J connectivity index is 0.000000140. The Bertz CT molecular complexity index is 371. The minimum atomic E-state index is 0.0741. The number of nitrogens with zero attached hydrogens (tertiary/aromatic N) is 2. The molecule has 0 bridgehead atoms. The average molecular weight is 251 g/mol. The van der Waals surface area contributed by atoms with Crippen LogP contribution in [-0.2, 0) is 7.05 Å². The predicted molar refractivity (Wildman–Crippen MR) is 63.7 cm³/mol. The van der Waals surface area contributed by atoms with E-state index in [4.69, 9.17) is 11.6 Å². The van der Waals surface area contributed by atoms with E-state index in [2.05, 4.69) is 4.31 Å². The molecule has 0 radical (unpaired) electrons. The van der Waals surface area contributed by atoms with Gasteiger partial charge in [0.15, 0.2) is 0 Å². The molecule has 2 rings (SSSR count). The summed E-state index contributed by atoms with van der Waals surface area (Å²) < 4.78 is 4.53.